The van der Waals surface area contributed by atoms with Gasteiger partial charge in [0.2, 0.25) is 0 Å². The second-order valence-electron chi connectivity index (χ2n) is 7.04. The van der Waals surface area contributed by atoms with Crippen molar-refractivity contribution >= 4 is 41.1 Å². The summed E-state index contributed by atoms with van der Waals surface area (Å²) in [4.78, 5) is 37.6. The third kappa shape index (κ3) is 6.92. The van der Waals surface area contributed by atoms with Crippen LogP contribution in [0.25, 0.3) is 6.08 Å². The highest BCUT2D eigenvalue weighted by atomic mass is 35.5. The molecule has 0 radical (unpaired) electrons. The Morgan fingerprint density at radius 2 is 1.59 bits per heavy atom. The Balaban J connectivity index is 1.80. The zero-order chi connectivity index (χ0) is 24.3. The summed E-state index contributed by atoms with van der Waals surface area (Å²) in [5.74, 6) is -1.50. The molecule has 7 heteroatoms. The minimum Gasteiger partial charge on any atom is -0.462 e. The maximum Gasteiger partial charge on any atom is 0.338 e. The molecule has 34 heavy (non-hydrogen) atoms. The summed E-state index contributed by atoms with van der Waals surface area (Å²) in [5.41, 5.74) is 2.02. The number of rotatable bonds is 8. The SMILES string of the molecule is CCOC(=O)c1ccc(NC(=O)/C(=C\C=C\c2ccccc2)NC(=O)c2ccccc2Cl)cc1. The lowest BCUT2D eigenvalue weighted by Crippen LogP contribution is -2.31. The van der Waals surface area contributed by atoms with Gasteiger partial charge >= 0.3 is 5.97 Å². The number of allylic oxidation sites excluding steroid dienone is 2. The first-order valence-electron chi connectivity index (χ1n) is 10.6. The zero-order valence-corrected chi connectivity index (χ0v) is 19.2. The van der Waals surface area contributed by atoms with Gasteiger partial charge in [0.25, 0.3) is 11.8 Å². The molecule has 0 saturated heterocycles. The van der Waals surface area contributed by atoms with Gasteiger partial charge in [0.15, 0.2) is 0 Å². The van der Waals surface area contributed by atoms with Crippen LogP contribution < -0.4 is 10.6 Å². The molecule has 2 N–H and O–H groups in total. The number of nitrogens with one attached hydrogen (secondary N) is 2. The summed E-state index contributed by atoms with van der Waals surface area (Å²) >= 11 is 6.13. The molecule has 3 aromatic carbocycles. The smallest absolute Gasteiger partial charge is 0.338 e. The number of esters is 1. The quantitative estimate of drug-likeness (QED) is 0.257. The van der Waals surface area contributed by atoms with Crippen LogP contribution in [0.1, 0.15) is 33.2 Å². The Morgan fingerprint density at radius 1 is 0.912 bits per heavy atom. The maximum absolute atomic E-state index is 13.0. The lowest BCUT2D eigenvalue weighted by molar-refractivity contribution is -0.113. The first-order chi connectivity index (χ1) is 16.5. The normalized spacial score (nSPS) is 11.2. The van der Waals surface area contributed by atoms with E-state index in [1.165, 1.54) is 6.08 Å². The van der Waals surface area contributed by atoms with Crippen LogP contribution in [0.15, 0.2) is 96.7 Å². The zero-order valence-electron chi connectivity index (χ0n) is 18.5. The predicted octanol–water partition coefficient (Wildman–Crippen LogP) is 5.48. The fourth-order valence-corrected chi connectivity index (χ4v) is 3.15. The van der Waals surface area contributed by atoms with Crippen LogP contribution in [0.2, 0.25) is 5.02 Å². The standard InChI is InChI=1S/C27H23ClN2O4/c1-2-34-27(33)20-15-17-21(18-16-20)29-26(32)24(14-8-11-19-9-4-3-5-10-19)30-25(31)22-12-6-7-13-23(22)28/h3-18H,2H2,1H3,(H,29,32)(H,30,31)/b11-8+,24-14+. The number of halogens is 1. The Bertz CT molecular complexity index is 1220. The second kappa shape index (κ2) is 12.2. The van der Waals surface area contributed by atoms with Crippen molar-refractivity contribution in [3.8, 4) is 0 Å². The van der Waals surface area contributed by atoms with E-state index in [4.69, 9.17) is 16.3 Å². The number of anilines is 1. The summed E-state index contributed by atoms with van der Waals surface area (Å²) in [6, 6.07) is 22.4. The van der Waals surface area contributed by atoms with E-state index in [9.17, 15) is 14.4 Å². The Morgan fingerprint density at radius 3 is 2.26 bits per heavy atom. The molecule has 172 valence electrons. The van der Waals surface area contributed by atoms with Gasteiger partial charge in [-0.25, -0.2) is 4.79 Å². The number of amides is 2. The fourth-order valence-electron chi connectivity index (χ4n) is 2.93. The topological polar surface area (TPSA) is 84.5 Å². The van der Waals surface area contributed by atoms with Gasteiger partial charge in [-0.2, -0.15) is 0 Å². The van der Waals surface area contributed by atoms with E-state index in [1.807, 2.05) is 36.4 Å². The molecule has 2 amide bonds. The van der Waals surface area contributed by atoms with Gasteiger partial charge < -0.3 is 15.4 Å². The fraction of sp³-hybridized carbons (Fsp3) is 0.0741. The number of benzene rings is 3. The molecule has 0 heterocycles. The highest BCUT2D eigenvalue weighted by Crippen LogP contribution is 2.16. The highest BCUT2D eigenvalue weighted by Gasteiger charge is 2.16. The minimum atomic E-state index is -0.540. The summed E-state index contributed by atoms with van der Waals surface area (Å²) in [5, 5.41) is 5.62. The molecule has 0 saturated carbocycles. The van der Waals surface area contributed by atoms with Crippen molar-refractivity contribution in [2.45, 2.75) is 6.92 Å². The first-order valence-corrected chi connectivity index (χ1v) is 10.9. The summed E-state index contributed by atoms with van der Waals surface area (Å²) in [7, 11) is 0. The summed E-state index contributed by atoms with van der Waals surface area (Å²) in [6.45, 7) is 2.00. The van der Waals surface area contributed by atoms with E-state index in [-0.39, 0.29) is 22.9 Å². The number of ether oxygens (including phenoxy) is 1. The lowest BCUT2D eigenvalue weighted by Gasteiger charge is -2.11. The van der Waals surface area contributed by atoms with Crippen LogP contribution in [0, 0.1) is 0 Å². The Hall–Kier alpha value is -4.16. The first kappa shape index (κ1) is 24.5. The van der Waals surface area contributed by atoms with Crippen molar-refractivity contribution in [2.75, 3.05) is 11.9 Å². The molecule has 0 spiro atoms. The molecule has 3 aromatic rings. The van der Waals surface area contributed by atoms with Gasteiger partial charge in [0, 0.05) is 5.69 Å². The molecule has 0 aliphatic heterocycles. The van der Waals surface area contributed by atoms with Gasteiger partial charge in [-0.05, 0) is 55.0 Å². The van der Waals surface area contributed by atoms with Crippen LogP contribution in [0.4, 0.5) is 5.69 Å². The number of hydrogen-bond donors (Lipinski definition) is 2. The van der Waals surface area contributed by atoms with Crippen molar-refractivity contribution in [1.29, 1.82) is 0 Å². The third-order valence-corrected chi connectivity index (χ3v) is 4.95. The molecule has 0 bridgehead atoms. The average molecular weight is 475 g/mol. The Labute approximate surface area is 202 Å². The van der Waals surface area contributed by atoms with E-state index in [0.717, 1.165) is 5.56 Å². The molecule has 0 unspecified atom stereocenters. The third-order valence-electron chi connectivity index (χ3n) is 4.62. The molecule has 6 nitrogen and oxygen atoms in total. The van der Waals surface area contributed by atoms with Crippen molar-refractivity contribution in [3.63, 3.8) is 0 Å². The van der Waals surface area contributed by atoms with Gasteiger partial charge in [0.05, 0.1) is 22.8 Å². The van der Waals surface area contributed by atoms with E-state index < -0.39 is 17.8 Å². The molecular formula is C27H23ClN2O4. The predicted molar refractivity (Wildman–Crippen MR) is 134 cm³/mol. The number of hydrogen-bond acceptors (Lipinski definition) is 4. The summed E-state index contributed by atoms with van der Waals surface area (Å²) < 4.78 is 4.96. The minimum absolute atomic E-state index is 0.0200. The molecule has 3 rings (SSSR count). The van der Waals surface area contributed by atoms with Crippen LogP contribution in [-0.2, 0) is 9.53 Å². The van der Waals surface area contributed by atoms with Crippen LogP contribution >= 0.6 is 11.6 Å². The molecule has 0 aliphatic carbocycles. The van der Waals surface area contributed by atoms with Crippen molar-refractivity contribution in [2.24, 2.45) is 0 Å². The van der Waals surface area contributed by atoms with E-state index in [1.54, 1.807) is 61.5 Å². The van der Waals surface area contributed by atoms with Crippen molar-refractivity contribution < 1.29 is 19.1 Å². The maximum atomic E-state index is 13.0. The number of carbonyl (C=O) groups is 3. The highest BCUT2D eigenvalue weighted by molar-refractivity contribution is 6.34. The van der Waals surface area contributed by atoms with Gasteiger partial charge in [-0.15, -0.1) is 0 Å². The molecule has 0 fully saturated rings. The second-order valence-corrected chi connectivity index (χ2v) is 7.44. The van der Waals surface area contributed by atoms with Gasteiger partial charge in [-0.3, -0.25) is 9.59 Å². The Kier molecular flexibility index (Phi) is 8.77. The summed E-state index contributed by atoms with van der Waals surface area (Å²) in [6.07, 6.45) is 4.98. The molecular weight excluding hydrogens is 452 g/mol. The largest absolute Gasteiger partial charge is 0.462 e. The van der Waals surface area contributed by atoms with E-state index in [0.29, 0.717) is 11.3 Å². The van der Waals surface area contributed by atoms with Crippen LogP contribution in [0.5, 0.6) is 0 Å². The van der Waals surface area contributed by atoms with E-state index in [2.05, 4.69) is 10.6 Å². The van der Waals surface area contributed by atoms with Gasteiger partial charge in [0.1, 0.15) is 5.70 Å². The van der Waals surface area contributed by atoms with Crippen molar-refractivity contribution in [1.82, 2.24) is 5.32 Å². The van der Waals surface area contributed by atoms with Crippen LogP contribution in [0.3, 0.4) is 0 Å². The lowest BCUT2D eigenvalue weighted by atomic mass is 10.2. The number of carbonyl (C=O) groups excluding carboxylic acids is 3. The van der Waals surface area contributed by atoms with Crippen LogP contribution in [-0.4, -0.2) is 24.4 Å². The monoisotopic (exact) mass is 474 g/mol. The van der Waals surface area contributed by atoms with E-state index >= 15 is 0 Å². The van der Waals surface area contributed by atoms with Gasteiger partial charge in [-0.1, -0.05) is 66.2 Å². The van der Waals surface area contributed by atoms with Crippen molar-refractivity contribution in [3.05, 3.63) is 118 Å². The molecule has 0 aliphatic rings. The molecule has 0 aromatic heterocycles. The average Bonchev–Trinajstić information content (AvgIpc) is 2.85. The molecule has 0 atom stereocenters.